The van der Waals surface area contributed by atoms with E-state index in [1.807, 2.05) is 6.07 Å². The van der Waals surface area contributed by atoms with Gasteiger partial charge in [-0.05, 0) is 30.5 Å². The SMILES string of the molecule is Cn1c(N2CCN(CC(N)CCc3ccccc3)CC2)nc(N)c(Sc2cccc(Cl)c2Cl)c1=O. The topological polar surface area (TPSA) is 93.4 Å². The second-order valence-corrected chi connectivity index (χ2v) is 10.6. The summed E-state index contributed by atoms with van der Waals surface area (Å²) in [5.74, 6) is 0.761. The normalized spacial score (nSPS) is 15.4. The van der Waals surface area contributed by atoms with Crippen molar-refractivity contribution in [2.75, 3.05) is 43.4 Å². The highest BCUT2D eigenvalue weighted by molar-refractivity contribution is 7.99. The first-order valence-electron chi connectivity index (χ1n) is 11.6. The van der Waals surface area contributed by atoms with Crippen LogP contribution in [0.1, 0.15) is 12.0 Å². The van der Waals surface area contributed by atoms with Crippen LogP contribution in [0, 0.1) is 0 Å². The number of piperazine rings is 1. The minimum atomic E-state index is -0.209. The van der Waals surface area contributed by atoms with Gasteiger partial charge in [-0.2, -0.15) is 4.98 Å². The molecule has 0 radical (unpaired) electrons. The van der Waals surface area contributed by atoms with Crippen molar-refractivity contribution in [3.63, 3.8) is 0 Å². The highest BCUT2D eigenvalue weighted by Crippen LogP contribution is 2.37. The zero-order valence-electron chi connectivity index (χ0n) is 19.7. The molecule has 1 aliphatic heterocycles. The third-order valence-electron chi connectivity index (χ3n) is 6.17. The van der Waals surface area contributed by atoms with Gasteiger partial charge in [-0.15, -0.1) is 0 Å². The predicted molar refractivity (Wildman–Crippen MR) is 146 cm³/mol. The summed E-state index contributed by atoms with van der Waals surface area (Å²) in [4.78, 5) is 23.2. The minimum Gasteiger partial charge on any atom is -0.382 e. The molecule has 4 N–H and O–H groups in total. The number of benzene rings is 2. The number of hydrogen-bond donors (Lipinski definition) is 2. The molecule has 1 aliphatic rings. The molecule has 1 unspecified atom stereocenters. The van der Waals surface area contributed by atoms with Gasteiger partial charge in [-0.3, -0.25) is 14.3 Å². The maximum Gasteiger partial charge on any atom is 0.270 e. The fourth-order valence-corrected chi connectivity index (χ4v) is 5.60. The molecule has 3 aromatic rings. The number of halogens is 2. The van der Waals surface area contributed by atoms with Crippen molar-refractivity contribution in [2.45, 2.75) is 28.7 Å². The van der Waals surface area contributed by atoms with E-state index in [0.29, 0.717) is 25.8 Å². The van der Waals surface area contributed by atoms with Crippen LogP contribution in [-0.4, -0.2) is 53.2 Å². The van der Waals surface area contributed by atoms with Gasteiger partial charge >= 0.3 is 0 Å². The fourth-order valence-electron chi connectivity index (χ4n) is 4.19. The van der Waals surface area contributed by atoms with Crippen molar-refractivity contribution in [3.05, 3.63) is 74.5 Å². The number of rotatable bonds is 8. The molecule has 1 atom stereocenters. The second-order valence-electron chi connectivity index (χ2n) is 8.72. The molecular formula is C25H30Cl2N6OS. The van der Waals surface area contributed by atoms with E-state index in [-0.39, 0.29) is 17.4 Å². The molecule has 0 bridgehead atoms. The Hall–Kier alpha value is -2.23. The molecule has 4 rings (SSSR count). The van der Waals surface area contributed by atoms with Gasteiger partial charge in [0.25, 0.3) is 5.56 Å². The van der Waals surface area contributed by atoms with Gasteiger partial charge in [0.15, 0.2) is 0 Å². The van der Waals surface area contributed by atoms with Crippen molar-refractivity contribution in [3.8, 4) is 0 Å². The first-order chi connectivity index (χ1) is 16.8. The first kappa shape index (κ1) is 25.9. The Labute approximate surface area is 220 Å². The van der Waals surface area contributed by atoms with Gasteiger partial charge in [0.05, 0.1) is 10.0 Å². The Bertz CT molecular complexity index is 1210. The second kappa shape index (κ2) is 11.7. The van der Waals surface area contributed by atoms with Crippen LogP contribution in [-0.2, 0) is 13.5 Å². The Kier molecular flexibility index (Phi) is 8.62. The van der Waals surface area contributed by atoms with E-state index in [2.05, 4.69) is 39.0 Å². The van der Waals surface area contributed by atoms with E-state index in [1.54, 1.807) is 29.8 Å². The standard InChI is InChI=1S/C25H30Cl2N6OS/c1-31-24(34)22(35-20-9-5-8-19(26)21(20)27)23(29)30-25(31)33-14-12-32(13-15-33)16-18(28)11-10-17-6-3-2-4-7-17/h2-9,18H,10-16,28-29H2,1H3. The van der Waals surface area contributed by atoms with Crippen LogP contribution in [0.4, 0.5) is 11.8 Å². The Morgan fingerprint density at radius 1 is 1.06 bits per heavy atom. The van der Waals surface area contributed by atoms with E-state index in [9.17, 15) is 4.79 Å². The number of aryl methyl sites for hydroxylation is 1. The summed E-state index contributed by atoms with van der Waals surface area (Å²) in [6, 6.07) is 15.8. The number of anilines is 2. The lowest BCUT2D eigenvalue weighted by molar-refractivity contribution is 0.237. The maximum absolute atomic E-state index is 13.1. The zero-order chi connectivity index (χ0) is 24.9. The molecular weight excluding hydrogens is 503 g/mol. The fraction of sp³-hybridized carbons (Fsp3) is 0.360. The van der Waals surface area contributed by atoms with Gasteiger partial charge in [0.2, 0.25) is 5.95 Å². The molecule has 0 amide bonds. The Balaban J connectivity index is 1.37. The summed E-state index contributed by atoms with van der Waals surface area (Å²) in [5, 5.41) is 0.817. The molecule has 1 aromatic heterocycles. The maximum atomic E-state index is 13.1. The van der Waals surface area contributed by atoms with E-state index >= 15 is 0 Å². The van der Waals surface area contributed by atoms with Crippen molar-refractivity contribution in [1.29, 1.82) is 0 Å². The summed E-state index contributed by atoms with van der Waals surface area (Å²) < 4.78 is 1.55. The summed E-state index contributed by atoms with van der Waals surface area (Å²) in [5.41, 5.74) is 13.8. The van der Waals surface area contributed by atoms with Crippen LogP contribution in [0.5, 0.6) is 0 Å². The third kappa shape index (κ3) is 6.32. The molecule has 10 heteroatoms. The molecule has 186 valence electrons. The first-order valence-corrected chi connectivity index (χ1v) is 13.2. The molecule has 1 saturated heterocycles. The quantitative estimate of drug-likeness (QED) is 0.454. The number of aromatic nitrogens is 2. The lowest BCUT2D eigenvalue weighted by Gasteiger charge is -2.37. The molecule has 2 heterocycles. The van der Waals surface area contributed by atoms with E-state index in [4.69, 9.17) is 34.7 Å². The predicted octanol–water partition coefficient (Wildman–Crippen LogP) is 3.90. The molecule has 0 spiro atoms. The average molecular weight is 534 g/mol. The number of nitrogen functional groups attached to an aromatic ring is 1. The Morgan fingerprint density at radius 3 is 2.49 bits per heavy atom. The number of hydrogen-bond acceptors (Lipinski definition) is 7. The van der Waals surface area contributed by atoms with Crippen molar-refractivity contribution >= 4 is 46.7 Å². The average Bonchev–Trinajstić information content (AvgIpc) is 2.86. The van der Waals surface area contributed by atoms with E-state index in [0.717, 1.165) is 45.6 Å². The van der Waals surface area contributed by atoms with E-state index < -0.39 is 0 Å². The molecule has 0 saturated carbocycles. The Morgan fingerprint density at radius 2 is 1.77 bits per heavy atom. The molecule has 2 aromatic carbocycles. The van der Waals surface area contributed by atoms with E-state index in [1.165, 1.54) is 17.3 Å². The van der Waals surface area contributed by atoms with Crippen LogP contribution in [0.15, 0.2) is 63.1 Å². The largest absolute Gasteiger partial charge is 0.382 e. The highest BCUT2D eigenvalue weighted by atomic mass is 35.5. The van der Waals surface area contributed by atoms with Crippen LogP contribution in [0.2, 0.25) is 10.0 Å². The summed E-state index contributed by atoms with van der Waals surface area (Å²) >= 11 is 13.6. The summed E-state index contributed by atoms with van der Waals surface area (Å²) in [6.07, 6.45) is 1.94. The van der Waals surface area contributed by atoms with Crippen LogP contribution >= 0.6 is 35.0 Å². The zero-order valence-corrected chi connectivity index (χ0v) is 22.0. The molecule has 0 aliphatic carbocycles. The summed E-state index contributed by atoms with van der Waals surface area (Å²) in [6.45, 7) is 4.05. The van der Waals surface area contributed by atoms with Crippen LogP contribution in [0.3, 0.4) is 0 Å². The number of nitrogens with zero attached hydrogens (tertiary/aromatic N) is 4. The molecule has 7 nitrogen and oxygen atoms in total. The summed E-state index contributed by atoms with van der Waals surface area (Å²) in [7, 11) is 1.72. The van der Waals surface area contributed by atoms with Crippen molar-refractivity contribution in [1.82, 2.24) is 14.5 Å². The lowest BCUT2D eigenvalue weighted by Crippen LogP contribution is -2.51. The molecule has 35 heavy (non-hydrogen) atoms. The van der Waals surface area contributed by atoms with Crippen LogP contribution in [0.25, 0.3) is 0 Å². The minimum absolute atomic E-state index is 0.120. The van der Waals surface area contributed by atoms with Gasteiger partial charge in [-0.25, -0.2) is 0 Å². The van der Waals surface area contributed by atoms with Gasteiger partial charge in [0, 0.05) is 50.7 Å². The van der Waals surface area contributed by atoms with Gasteiger partial charge in [0.1, 0.15) is 10.7 Å². The molecule has 1 fully saturated rings. The van der Waals surface area contributed by atoms with Crippen LogP contribution < -0.4 is 21.9 Å². The third-order valence-corrected chi connectivity index (χ3v) is 8.25. The lowest BCUT2D eigenvalue weighted by atomic mass is 10.1. The van der Waals surface area contributed by atoms with Crippen molar-refractivity contribution < 1.29 is 0 Å². The highest BCUT2D eigenvalue weighted by Gasteiger charge is 2.24. The van der Waals surface area contributed by atoms with Gasteiger partial charge < -0.3 is 16.4 Å². The smallest absolute Gasteiger partial charge is 0.270 e. The number of nitrogens with two attached hydrogens (primary N) is 2. The monoisotopic (exact) mass is 532 g/mol. The van der Waals surface area contributed by atoms with Crippen molar-refractivity contribution in [2.24, 2.45) is 12.8 Å². The van der Waals surface area contributed by atoms with Gasteiger partial charge in [-0.1, -0.05) is 71.4 Å².